The minimum absolute atomic E-state index is 0.115. The zero-order chi connectivity index (χ0) is 14.0. The van der Waals surface area contributed by atoms with Crippen molar-refractivity contribution in [3.63, 3.8) is 0 Å². The average molecular weight is 280 g/mol. The Labute approximate surface area is 119 Å². The molecule has 112 valence electrons. The Balaban J connectivity index is 1.80. The molecular weight excluding hydrogens is 256 g/mol. The highest BCUT2D eigenvalue weighted by Gasteiger charge is 2.62. The van der Waals surface area contributed by atoms with Crippen LogP contribution in [0.3, 0.4) is 0 Å². The zero-order valence-electron chi connectivity index (χ0n) is 11.9. The van der Waals surface area contributed by atoms with Gasteiger partial charge in [0.15, 0.2) is 0 Å². The van der Waals surface area contributed by atoms with Gasteiger partial charge in [0.25, 0.3) is 0 Å². The van der Waals surface area contributed by atoms with Crippen molar-refractivity contribution in [1.29, 1.82) is 0 Å². The lowest BCUT2D eigenvalue weighted by Gasteiger charge is -2.63. The lowest BCUT2D eigenvalue weighted by atomic mass is 9.75. The first-order valence-electron chi connectivity index (χ1n) is 8.01. The summed E-state index contributed by atoms with van der Waals surface area (Å²) in [6.07, 6.45) is 5.80. The van der Waals surface area contributed by atoms with Crippen molar-refractivity contribution < 1.29 is 15.0 Å². The Morgan fingerprint density at radius 3 is 2.80 bits per heavy atom. The molecular formula is C15H24N2O3. The molecule has 2 N–H and O–H groups in total. The van der Waals surface area contributed by atoms with E-state index in [4.69, 9.17) is 0 Å². The van der Waals surface area contributed by atoms with Gasteiger partial charge in [-0.05, 0) is 44.9 Å². The maximum Gasteiger partial charge on any atom is 0.225 e. The van der Waals surface area contributed by atoms with E-state index in [9.17, 15) is 15.0 Å². The Bertz CT molecular complexity index is 443. The van der Waals surface area contributed by atoms with Crippen LogP contribution in [0.25, 0.3) is 0 Å². The molecule has 5 fully saturated rings. The number of amides is 1. The number of rotatable bonds is 0. The molecule has 4 unspecified atom stereocenters. The van der Waals surface area contributed by atoms with E-state index in [0.29, 0.717) is 12.8 Å². The molecule has 5 saturated heterocycles. The van der Waals surface area contributed by atoms with Crippen molar-refractivity contribution in [3.05, 3.63) is 0 Å². The molecule has 0 radical (unpaired) electrons. The number of fused-ring (bicyclic) bond motifs is 2. The second kappa shape index (κ2) is 4.18. The summed E-state index contributed by atoms with van der Waals surface area (Å²) in [5, 5.41) is 21.1. The Morgan fingerprint density at radius 2 is 1.95 bits per heavy atom. The van der Waals surface area contributed by atoms with Crippen molar-refractivity contribution in [1.82, 2.24) is 9.80 Å². The van der Waals surface area contributed by atoms with Crippen LogP contribution in [0.1, 0.15) is 51.4 Å². The first-order valence-corrected chi connectivity index (χ1v) is 8.01. The summed E-state index contributed by atoms with van der Waals surface area (Å²) in [5.74, 6) is 0.115. The first-order chi connectivity index (χ1) is 9.57. The van der Waals surface area contributed by atoms with Gasteiger partial charge in [-0.15, -0.1) is 0 Å². The average Bonchev–Trinajstić information content (AvgIpc) is 2.62. The van der Waals surface area contributed by atoms with Crippen LogP contribution in [0.5, 0.6) is 0 Å². The zero-order valence-corrected chi connectivity index (χ0v) is 11.9. The van der Waals surface area contributed by atoms with Gasteiger partial charge in [0.2, 0.25) is 5.91 Å². The monoisotopic (exact) mass is 280 g/mol. The molecule has 5 rings (SSSR count). The lowest BCUT2D eigenvalue weighted by molar-refractivity contribution is -0.224. The maximum absolute atomic E-state index is 12.4. The molecule has 2 spiro atoms. The van der Waals surface area contributed by atoms with E-state index < -0.39 is 11.8 Å². The molecule has 0 aromatic heterocycles. The quantitative estimate of drug-likeness (QED) is 0.676. The molecule has 0 aliphatic carbocycles. The summed E-state index contributed by atoms with van der Waals surface area (Å²) < 4.78 is 0. The summed E-state index contributed by atoms with van der Waals surface area (Å²) in [6, 6.07) is 0. The van der Waals surface area contributed by atoms with Gasteiger partial charge in [-0.1, -0.05) is 0 Å². The fourth-order valence-corrected chi connectivity index (χ4v) is 5.33. The van der Waals surface area contributed by atoms with E-state index in [1.807, 2.05) is 4.90 Å². The van der Waals surface area contributed by atoms with Crippen LogP contribution < -0.4 is 0 Å². The van der Waals surface area contributed by atoms with Gasteiger partial charge < -0.3 is 15.1 Å². The first kappa shape index (κ1) is 13.0. The van der Waals surface area contributed by atoms with Gasteiger partial charge in [0.05, 0.1) is 17.2 Å². The number of piperidine rings is 2. The second-order valence-electron chi connectivity index (χ2n) is 7.24. The van der Waals surface area contributed by atoms with E-state index >= 15 is 0 Å². The number of aliphatic hydroxyl groups excluding tert-OH is 2. The van der Waals surface area contributed by atoms with Crippen molar-refractivity contribution in [3.8, 4) is 0 Å². The van der Waals surface area contributed by atoms with Crippen LogP contribution >= 0.6 is 0 Å². The molecule has 0 aromatic carbocycles. The molecule has 0 aromatic rings. The number of nitrogens with zero attached hydrogens (tertiary/aromatic N) is 2. The number of carbonyl (C=O) groups is 1. The summed E-state index contributed by atoms with van der Waals surface area (Å²) in [5.41, 5.74) is -0.540. The third kappa shape index (κ3) is 1.51. The number of hydrogen-bond acceptors (Lipinski definition) is 4. The molecule has 20 heavy (non-hydrogen) atoms. The van der Waals surface area contributed by atoms with Crippen molar-refractivity contribution in [2.45, 2.75) is 74.8 Å². The van der Waals surface area contributed by atoms with E-state index in [1.165, 1.54) is 0 Å². The van der Waals surface area contributed by atoms with E-state index in [2.05, 4.69) is 4.90 Å². The maximum atomic E-state index is 12.4. The normalized spacial score (nSPS) is 48.7. The molecule has 1 amide bonds. The Morgan fingerprint density at radius 1 is 1.15 bits per heavy atom. The van der Waals surface area contributed by atoms with Crippen molar-refractivity contribution in [2.75, 3.05) is 13.1 Å². The molecule has 5 heterocycles. The summed E-state index contributed by atoms with van der Waals surface area (Å²) in [6.45, 7) is 1.74. The number of hydrogen-bond donors (Lipinski definition) is 2. The predicted molar refractivity (Wildman–Crippen MR) is 72.8 cm³/mol. The fourth-order valence-electron chi connectivity index (χ4n) is 5.33. The van der Waals surface area contributed by atoms with Gasteiger partial charge in [0, 0.05) is 19.5 Å². The highest BCUT2D eigenvalue weighted by molar-refractivity contribution is 5.78. The number of piperazine rings is 1. The van der Waals surface area contributed by atoms with Crippen molar-refractivity contribution >= 4 is 5.91 Å². The third-order valence-corrected chi connectivity index (χ3v) is 6.23. The smallest absolute Gasteiger partial charge is 0.225 e. The molecule has 4 atom stereocenters. The van der Waals surface area contributed by atoms with Crippen LogP contribution in [0.2, 0.25) is 0 Å². The summed E-state index contributed by atoms with van der Waals surface area (Å²) in [7, 11) is 0. The molecule has 2 bridgehead atoms. The number of carbonyl (C=O) groups excluding carboxylic acids is 1. The van der Waals surface area contributed by atoms with Crippen LogP contribution in [0.4, 0.5) is 0 Å². The van der Waals surface area contributed by atoms with Gasteiger partial charge in [-0.25, -0.2) is 0 Å². The molecule has 0 saturated carbocycles. The highest BCUT2D eigenvalue weighted by Crippen LogP contribution is 2.51. The van der Waals surface area contributed by atoms with E-state index in [1.54, 1.807) is 0 Å². The van der Waals surface area contributed by atoms with Crippen LogP contribution in [0.15, 0.2) is 0 Å². The molecule has 5 aliphatic heterocycles. The Kier molecular flexibility index (Phi) is 2.73. The largest absolute Gasteiger partial charge is 0.393 e. The number of aliphatic hydroxyl groups is 2. The summed E-state index contributed by atoms with van der Waals surface area (Å²) >= 11 is 0. The lowest BCUT2D eigenvalue weighted by Crippen LogP contribution is -2.77. The van der Waals surface area contributed by atoms with Crippen LogP contribution in [-0.4, -0.2) is 62.4 Å². The fraction of sp³-hybridized carbons (Fsp3) is 0.933. The molecule has 5 heteroatoms. The van der Waals surface area contributed by atoms with Gasteiger partial charge in [-0.2, -0.15) is 0 Å². The van der Waals surface area contributed by atoms with Crippen molar-refractivity contribution in [2.24, 2.45) is 0 Å². The van der Waals surface area contributed by atoms with Crippen LogP contribution in [-0.2, 0) is 4.79 Å². The minimum atomic E-state index is -0.735. The van der Waals surface area contributed by atoms with Gasteiger partial charge >= 0.3 is 0 Å². The molecule has 5 aliphatic rings. The van der Waals surface area contributed by atoms with Gasteiger partial charge in [-0.3, -0.25) is 9.69 Å². The topological polar surface area (TPSA) is 64.0 Å². The SMILES string of the molecule is O=C1CCCC23CCCC4(CC(O)CCN4C2)C(O)N13. The standard InChI is InChI=1S/C15H24N2O3/c18-11-4-8-16-10-14-5-1-3-12(19)17(14)13(20)15(16,9-11)7-2-6-14/h11,13,18,20H,1-10H2. The molecule has 5 nitrogen and oxygen atoms in total. The van der Waals surface area contributed by atoms with Crippen LogP contribution in [0, 0.1) is 0 Å². The Hall–Kier alpha value is -0.650. The second-order valence-corrected chi connectivity index (χ2v) is 7.24. The third-order valence-electron chi connectivity index (χ3n) is 6.23. The van der Waals surface area contributed by atoms with E-state index in [0.717, 1.165) is 51.6 Å². The summed E-state index contributed by atoms with van der Waals surface area (Å²) in [4.78, 5) is 16.6. The minimum Gasteiger partial charge on any atom is -0.393 e. The van der Waals surface area contributed by atoms with Gasteiger partial charge in [0.1, 0.15) is 6.23 Å². The van der Waals surface area contributed by atoms with E-state index in [-0.39, 0.29) is 17.6 Å². The predicted octanol–water partition coefficient (Wildman–Crippen LogP) is 0.449. The highest BCUT2D eigenvalue weighted by atomic mass is 16.3.